The monoisotopic (exact) mass is 583 g/mol. The molecule has 1 atom stereocenters. The van der Waals surface area contributed by atoms with Gasteiger partial charge in [-0.1, -0.05) is 29.8 Å². The Morgan fingerprint density at radius 3 is 2.48 bits per heavy atom. The van der Waals surface area contributed by atoms with Crippen molar-refractivity contribution in [1.82, 2.24) is 14.1 Å². The third-order valence-corrected chi connectivity index (χ3v) is 10.6. The van der Waals surface area contributed by atoms with Crippen molar-refractivity contribution in [2.75, 3.05) is 53.0 Å². The van der Waals surface area contributed by atoms with E-state index < -0.39 is 10.0 Å². The van der Waals surface area contributed by atoms with Crippen molar-refractivity contribution in [3.8, 4) is 11.5 Å². The Bertz CT molecular complexity index is 1400. The summed E-state index contributed by atoms with van der Waals surface area (Å²) in [5.74, 6) is 1.01. The molecule has 1 fully saturated rings. The minimum Gasteiger partial charge on any atom is -0.493 e. The molecule has 2 aliphatic heterocycles. The van der Waals surface area contributed by atoms with Gasteiger partial charge in [0.2, 0.25) is 15.9 Å². The van der Waals surface area contributed by atoms with E-state index in [9.17, 15) is 13.2 Å². The number of fused-ring (bicyclic) bond motifs is 1. The van der Waals surface area contributed by atoms with Crippen LogP contribution in [0, 0.1) is 6.92 Å². The standard InChI is InChI=1S/C30H37N3O5S2/c1-23-9-11-24(12-10-23)40(35,36)32(19-18-31-15-5-6-16-31)21-30(34)33-17-13-29-25(14-20-39-29)26(33)22-38-28-8-4-3-7-27(28)37-2/h3-4,7-12,14,20,26H,5-6,13,15-19,21-22H2,1-2H3/t26-/m1/s1. The minimum atomic E-state index is -3.86. The number of amides is 1. The lowest BCUT2D eigenvalue weighted by molar-refractivity contribution is -0.135. The fourth-order valence-electron chi connectivity index (χ4n) is 5.43. The maximum absolute atomic E-state index is 13.9. The maximum atomic E-state index is 13.9. The normalized spacial score (nSPS) is 17.7. The third kappa shape index (κ3) is 6.35. The summed E-state index contributed by atoms with van der Waals surface area (Å²) in [6, 6.07) is 16.0. The summed E-state index contributed by atoms with van der Waals surface area (Å²) in [5.41, 5.74) is 2.04. The van der Waals surface area contributed by atoms with Crippen molar-refractivity contribution < 1.29 is 22.7 Å². The largest absolute Gasteiger partial charge is 0.493 e. The van der Waals surface area contributed by atoms with Crippen LogP contribution in [-0.4, -0.2) is 81.4 Å². The van der Waals surface area contributed by atoms with E-state index in [0.29, 0.717) is 24.6 Å². The Labute approximate surface area is 241 Å². The molecule has 0 saturated carbocycles. The minimum absolute atomic E-state index is 0.210. The van der Waals surface area contributed by atoms with E-state index in [-0.39, 0.29) is 36.5 Å². The molecule has 0 aliphatic carbocycles. The van der Waals surface area contributed by atoms with Gasteiger partial charge in [0.1, 0.15) is 6.61 Å². The quantitative estimate of drug-likeness (QED) is 0.334. The molecule has 0 spiro atoms. The van der Waals surface area contributed by atoms with Gasteiger partial charge in [-0.05, 0) is 80.6 Å². The predicted octanol–water partition coefficient (Wildman–Crippen LogP) is 4.36. The van der Waals surface area contributed by atoms with Crippen molar-refractivity contribution in [1.29, 1.82) is 0 Å². The summed E-state index contributed by atoms with van der Waals surface area (Å²) in [7, 11) is -2.26. The first-order chi connectivity index (χ1) is 19.4. The van der Waals surface area contributed by atoms with E-state index in [0.717, 1.165) is 43.5 Å². The first-order valence-electron chi connectivity index (χ1n) is 13.8. The number of hydrogen-bond acceptors (Lipinski definition) is 7. The lowest BCUT2D eigenvalue weighted by Crippen LogP contribution is -2.49. The van der Waals surface area contributed by atoms with Gasteiger partial charge in [-0.25, -0.2) is 8.42 Å². The molecule has 3 heterocycles. The number of carbonyl (C=O) groups is 1. The van der Waals surface area contributed by atoms with Crippen molar-refractivity contribution in [2.24, 2.45) is 0 Å². The topological polar surface area (TPSA) is 79.4 Å². The van der Waals surface area contributed by atoms with Gasteiger partial charge < -0.3 is 19.3 Å². The second kappa shape index (κ2) is 12.7. The highest BCUT2D eigenvalue weighted by molar-refractivity contribution is 7.89. The van der Waals surface area contributed by atoms with Crippen molar-refractivity contribution in [2.45, 2.75) is 37.1 Å². The highest BCUT2D eigenvalue weighted by Crippen LogP contribution is 2.35. The van der Waals surface area contributed by atoms with Gasteiger partial charge >= 0.3 is 0 Å². The molecule has 8 nitrogen and oxygen atoms in total. The summed E-state index contributed by atoms with van der Waals surface area (Å²) in [5, 5.41) is 2.04. The lowest BCUT2D eigenvalue weighted by atomic mass is 10.0. The van der Waals surface area contributed by atoms with Crippen LogP contribution in [0.25, 0.3) is 0 Å². The zero-order valence-corrected chi connectivity index (χ0v) is 24.8. The third-order valence-electron chi connectivity index (χ3n) is 7.72. The van der Waals surface area contributed by atoms with Crippen LogP contribution in [-0.2, 0) is 21.2 Å². The number of ether oxygens (including phenoxy) is 2. The van der Waals surface area contributed by atoms with Crippen molar-refractivity contribution in [3.05, 3.63) is 76.0 Å². The van der Waals surface area contributed by atoms with E-state index in [1.807, 2.05) is 42.6 Å². The summed E-state index contributed by atoms with van der Waals surface area (Å²) in [4.78, 5) is 19.4. The number of methoxy groups -OCH3 is 1. The number of carbonyl (C=O) groups excluding carboxylic acids is 1. The van der Waals surface area contributed by atoms with Gasteiger partial charge in [-0.3, -0.25) is 4.79 Å². The second-order valence-electron chi connectivity index (χ2n) is 10.3. The number of hydrogen-bond donors (Lipinski definition) is 0. The first-order valence-corrected chi connectivity index (χ1v) is 16.1. The van der Waals surface area contributed by atoms with Crippen LogP contribution in [0.4, 0.5) is 0 Å². The molecule has 0 radical (unpaired) electrons. The molecule has 0 N–H and O–H groups in total. The van der Waals surface area contributed by atoms with Crippen LogP contribution >= 0.6 is 11.3 Å². The number of aryl methyl sites for hydroxylation is 1. The van der Waals surface area contributed by atoms with E-state index in [4.69, 9.17) is 9.47 Å². The van der Waals surface area contributed by atoms with Crippen LogP contribution in [0.5, 0.6) is 11.5 Å². The molecule has 3 aromatic rings. The van der Waals surface area contributed by atoms with Gasteiger partial charge in [0, 0.05) is 24.5 Å². The number of para-hydroxylation sites is 2. The van der Waals surface area contributed by atoms with Crippen molar-refractivity contribution >= 4 is 27.3 Å². The molecule has 1 saturated heterocycles. The molecule has 1 amide bonds. The summed E-state index contributed by atoms with van der Waals surface area (Å²) in [6.45, 7) is 5.26. The summed E-state index contributed by atoms with van der Waals surface area (Å²) >= 11 is 1.68. The molecule has 40 heavy (non-hydrogen) atoms. The molecule has 5 rings (SSSR count). The van der Waals surface area contributed by atoms with Crippen LogP contribution < -0.4 is 9.47 Å². The van der Waals surface area contributed by atoms with E-state index in [1.54, 1.807) is 47.6 Å². The molecule has 214 valence electrons. The fraction of sp³-hybridized carbons (Fsp3) is 0.433. The van der Waals surface area contributed by atoms with Gasteiger partial charge in [-0.2, -0.15) is 4.31 Å². The SMILES string of the molecule is COc1ccccc1OC[C@@H]1c2ccsc2CCN1C(=O)CN(CCN1CCCC1)S(=O)(=O)c1ccc(C)cc1. The highest BCUT2D eigenvalue weighted by atomic mass is 32.2. The first kappa shape index (κ1) is 28.6. The fourth-order valence-corrected chi connectivity index (χ4v) is 7.73. The zero-order valence-electron chi connectivity index (χ0n) is 23.1. The summed E-state index contributed by atoms with van der Waals surface area (Å²) < 4.78 is 40.6. The molecule has 0 unspecified atom stereocenters. The Morgan fingerprint density at radius 1 is 1.02 bits per heavy atom. The molecule has 2 aliphatic rings. The molecule has 10 heteroatoms. The average molecular weight is 584 g/mol. The van der Waals surface area contributed by atoms with Crippen LogP contribution in [0.1, 0.15) is 34.9 Å². The smallest absolute Gasteiger partial charge is 0.243 e. The van der Waals surface area contributed by atoms with E-state index in [2.05, 4.69) is 4.90 Å². The predicted molar refractivity (Wildman–Crippen MR) is 157 cm³/mol. The number of likely N-dealkylation sites (tertiary alicyclic amines) is 1. The number of benzene rings is 2. The van der Waals surface area contributed by atoms with E-state index in [1.165, 1.54) is 9.18 Å². The molecular weight excluding hydrogens is 546 g/mol. The van der Waals surface area contributed by atoms with Gasteiger partial charge in [0.05, 0.1) is 24.6 Å². The molecule has 2 aromatic carbocycles. The zero-order chi connectivity index (χ0) is 28.1. The number of rotatable bonds is 11. The van der Waals surface area contributed by atoms with Crippen LogP contribution in [0.2, 0.25) is 0 Å². The second-order valence-corrected chi connectivity index (χ2v) is 13.3. The van der Waals surface area contributed by atoms with Gasteiger partial charge in [0.25, 0.3) is 0 Å². The Balaban J connectivity index is 1.38. The van der Waals surface area contributed by atoms with Gasteiger partial charge in [-0.15, -0.1) is 11.3 Å². The highest BCUT2D eigenvalue weighted by Gasteiger charge is 2.35. The lowest BCUT2D eigenvalue weighted by Gasteiger charge is -2.37. The van der Waals surface area contributed by atoms with Crippen molar-refractivity contribution in [3.63, 3.8) is 0 Å². The summed E-state index contributed by atoms with van der Waals surface area (Å²) in [6.07, 6.45) is 2.98. The van der Waals surface area contributed by atoms with Crippen LogP contribution in [0.3, 0.4) is 0 Å². The number of thiophene rings is 1. The number of sulfonamides is 1. The molecule has 0 bridgehead atoms. The molecule has 1 aromatic heterocycles. The molecular formula is C30H37N3O5S2. The van der Waals surface area contributed by atoms with Crippen LogP contribution in [0.15, 0.2) is 64.9 Å². The average Bonchev–Trinajstić information content (AvgIpc) is 3.66. The Morgan fingerprint density at radius 2 is 1.75 bits per heavy atom. The maximum Gasteiger partial charge on any atom is 0.243 e. The number of nitrogens with zero attached hydrogens (tertiary/aromatic N) is 3. The van der Waals surface area contributed by atoms with Gasteiger partial charge in [0.15, 0.2) is 11.5 Å². The Hall–Kier alpha value is -2.92. The Kier molecular flexibility index (Phi) is 9.10. The van der Waals surface area contributed by atoms with E-state index >= 15 is 0 Å².